The Hall–Kier alpha value is 0.346. The van der Waals surface area contributed by atoms with Gasteiger partial charge in [-0.1, -0.05) is 0 Å². The Morgan fingerprint density at radius 3 is 0.889 bits per heavy atom. The van der Waals surface area contributed by atoms with Crippen molar-refractivity contribution in [2.45, 2.75) is 0 Å². The van der Waals surface area contributed by atoms with Crippen molar-refractivity contribution in [1.82, 2.24) is 0 Å². The third kappa shape index (κ3) is 2.21. The Morgan fingerprint density at radius 1 is 0.667 bits per heavy atom. The molecule has 0 aliphatic heterocycles. The maximum atomic E-state index is 4.83. The van der Waals surface area contributed by atoms with Crippen LogP contribution in [0.5, 0.6) is 0 Å². The first-order valence-corrected chi connectivity index (χ1v) is 3.88. The molecule has 0 aliphatic carbocycles. The van der Waals surface area contributed by atoms with Crippen LogP contribution in [0.25, 0.3) is 0 Å². The molecule has 0 aromatic rings. The van der Waals surface area contributed by atoms with Gasteiger partial charge in [0.15, 0.2) is 0 Å². The molecule has 0 saturated carbocycles. The Morgan fingerprint density at radius 2 is 0.889 bits per heavy atom. The van der Waals surface area contributed by atoms with E-state index >= 15 is 0 Å². The van der Waals surface area contributed by atoms with Crippen LogP contribution in [0.15, 0.2) is 0 Å². The van der Waals surface area contributed by atoms with E-state index in [1.807, 2.05) is 0 Å². The van der Waals surface area contributed by atoms with Gasteiger partial charge in [-0.15, -0.1) is 0 Å². The molecule has 0 bridgehead atoms. The van der Waals surface area contributed by atoms with Crippen molar-refractivity contribution in [3.63, 3.8) is 0 Å². The first kappa shape index (κ1) is 9.35. The summed E-state index contributed by atoms with van der Waals surface area (Å²) in [5.74, 6) is 0. The van der Waals surface area contributed by atoms with E-state index in [9.17, 15) is 0 Å². The molecule has 0 rings (SSSR count). The molecule has 0 spiro atoms. The summed E-state index contributed by atoms with van der Waals surface area (Å²) in [7, 11) is 5.90. The van der Waals surface area contributed by atoms with Crippen LogP contribution in [0, 0.1) is 0 Å². The maximum absolute atomic E-state index is 4.83. The van der Waals surface area contributed by atoms with Crippen LogP contribution in [-0.4, -0.2) is 28.4 Å². The summed E-state index contributed by atoms with van der Waals surface area (Å²) < 4.78 is 19.3. The van der Waals surface area contributed by atoms with Crippen LogP contribution >= 0.6 is 0 Å². The van der Waals surface area contributed by atoms with E-state index in [0.717, 1.165) is 0 Å². The van der Waals surface area contributed by atoms with Gasteiger partial charge in [-0.3, -0.25) is 0 Å². The van der Waals surface area contributed by atoms with Crippen LogP contribution in [0.4, 0.5) is 0 Å². The van der Waals surface area contributed by atoms with Crippen molar-refractivity contribution in [1.29, 1.82) is 0 Å². The van der Waals surface area contributed by atoms with E-state index in [1.165, 1.54) is 28.4 Å². The monoisotopic (exact) mass is 183 g/mol. The molecule has 0 N–H and O–H groups in total. The Balaban J connectivity index is 3.82. The van der Waals surface area contributed by atoms with E-state index in [4.69, 9.17) is 15.4 Å². The third-order valence-corrected chi connectivity index (χ3v) is 2.75. The van der Waals surface area contributed by atoms with Crippen molar-refractivity contribution in [2.24, 2.45) is 0 Å². The van der Waals surface area contributed by atoms with Gasteiger partial charge in [0.2, 0.25) is 0 Å². The molecule has 5 heteroatoms. The van der Waals surface area contributed by atoms with Crippen molar-refractivity contribution >= 4 is 0 Å². The van der Waals surface area contributed by atoms with Gasteiger partial charge in [-0.05, 0) is 0 Å². The summed E-state index contributed by atoms with van der Waals surface area (Å²) in [6, 6.07) is 0. The number of hydrogen-bond acceptors (Lipinski definition) is 4. The summed E-state index contributed by atoms with van der Waals surface area (Å²) in [5.41, 5.74) is 0. The fraction of sp³-hybridized carbons (Fsp3) is 1.00. The van der Waals surface area contributed by atoms with Crippen molar-refractivity contribution in [2.75, 3.05) is 28.4 Å². The molecule has 0 atom stereocenters. The van der Waals surface area contributed by atoms with Crippen molar-refractivity contribution in [3.8, 4) is 0 Å². The van der Waals surface area contributed by atoms with Crippen LogP contribution in [0.1, 0.15) is 0 Å². The second kappa shape index (κ2) is 4.21. The number of rotatable bonds is 4. The molecule has 0 amide bonds. The quantitative estimate of drug-likeness (QED) is 0.631. The second-order valence-electron chi connectivity index (χ2n) is 0.878. The molecule has 0 aromatic carbocycles. The molecule has 0 unspecified atom stereocenters. The predicted octanol–water partition coefficient (Wildman–Crippen LogP) is 0.386. The summed E-state index contributed by atoms with van der Waals surface area (Å²) in [6.07, 6.45) is 0. The Labute approximate surface area is 58.5 Å². The molecule has 0 aromatic heterocycles. The fourth-order valence-corrected chi connectivity index (χ4v) is 1.37. The SMILES string of the molecule is C[O][Co]([O]C)([O]C)[O]C. The van der Waals surface area contributed by atoms with E-state index in [0.29, 0.717) is 0 Å². The Kier molecular flexibility index (Phi) is 4.37. The molecular weight excluding hydrogens is 171 g/mol. The normalized spacial score (nSPS) is 13.8. The molecule has 61 valence electrons. The van der Waals surface area contributed by atoms with Crippen LogP contribution in [-0.2, 0) is 29.3 Å². The molecule has 4 nitrogen and oxygen atoms in total. The molecule has 0 aliphatic rings. The Bertz CT molecular complexity index is 55.5. The van der Waals surface area contributed by atoms with Gasteiger partial charge in [0, 0.05) is 0 Å². The van der Waals surface area contributed by atoms with Crippen LogP contribution < -0.4 is 0 Å². The second-order valence-corrected chi connectivity index (χ2v) is 3.62. The van der Waals surface area contributed by atoms with Crippen molar-refractivity contribution < 1.29 is 29.3 Å². The number of hydrogen-bond donors (Lipinski definition) is 0. The van der Waals surface area contributed by atoms with Gasteiger partial charge in [0.25, 0.3) is 0 Å². The summed E-state index contributed by atoms with van der Waals surface area (Å²) in [4.78, 5) is 0. The van der Waals surface area contributed by atoms with Crippen LogP contribution in [0.3, 0.4) is 0 Å². The standard InChI is InChI=1S/4CH3O.Co/c4*1-2;/h4*1H3;/q4*-1;+4. The molecular formula is C4H12CoO4. The zero-order valence-electron chi connectivity index (χ0n) is 5.97. The zero-order valence-corrected chi connectivity index (χ0v) is 7.01. The average Bonchev–Trinajstić information content (AvgIpc) is 1.95. The third-order valence-electron chi connectivity index (χ3n) is 0.667. The van der Waals surface area contributed by atoms with Crippen molar-refractivity contribution in [3.05, 3.63) is 0 Å². The van der Waals surface area contributed by atoms with Gasteiger partial charge in [0.05, 0.1) is 0 Å². The van der Waals surface area contributed by atoms with E-state index in [2.05, 4.69) is 0 Å². The van der Waals surface area contributed by atoms with Gasteiger partial charge < -0.3 is 0 Å². The average molecular weight is 183 g/mol. The van der Waals surface area contributed by atoms with E-state index in [-0.39, 0.29) is 0 Å². The van der Waals surface area contributed by atoms with Gasteiger partial charge in [-0.25, -0.2) is 0 Å². The minimum absolute atomic E-state index is 1.48. The van der Waals surface area contributed by atoms with Crippen LogP contribution in [0.2, 0.25) is 0 Å². The van der Waals surface area contributed by atoms with E-state index in [1.54, 1.807) is 0 Å². The van der Waals surface area contributed by atoms with E-state index < -0.39 is 13.9 Å². The molecule has 0 heterocycles. The molecule has 0 fully saturated rings. The molecule has 0 saturated heterocycles. The zero-order chi connectivity index (χ0) is 7.33. The van der Waals surface area contributed by atoms with Gasteiger partial charge >= 0.3 is 57.8 Å². The molecule has 9 heavy (non-hydrogen) atoms. The van der Waals surface area contributed by atoms with Gasteiger partial charge in [-0.2, -0.15) is 0 Å². The summed E-state index contributed by atoms with van der Waals surface area (Å²) in [5, 5.41) is 0. The summed E-state index contributed by atoms with van der Waals surface area (Å²) >= 11 is -2.40. The molecule has 0 radical (unpaired) electrons. The topological polar surface area (TPSA) is 36.9 Å². The first-order valence-electron chi connectivity index (χ1n) is 2.18. The minimum atomic E-state index is -2.40. The first-order chi connectivity index (χ1) is 4.24. The summed E-state index contributed by atoms with van der Waals surface area (Å²) in [6.45, 7) is 0. The fourth-order valence-electron chi connectivity index (χ4n) is 0.333. The predicted molar refractivity (Wildman–Crippen MR) is 28.0 cm³/mol. The van der Waals surface area contributed by atoms with Gasteiger partial charge in [0.1, 0.15) is 0 Å².